The van der Waals surface area contributed by atoms with Crippen molar-refractivity contribution in [1.29, 1.82) is 0 Å². The van der Waals surface area contributed by atoms with E-state index >= 15 is 0 Å². The Balaban J connectivity index is 2.34. The summed E-state index contributed by atoms with van der Waals surface area (Å²) in [6.45, 7) is 0. The lowest BCUT2D eigenvalue weighted by atomic mass is 10.1. The van der Waals surface area contributed by atoms with Crippen molar-refractivity contribution in [2.45, 2.75) is 19.3 Å². The van der Waals surface area contributed by atoms with E-state index in [1.54, 1.807) is 6.07 Å². The van der Waals surface area contributed by atoms with Crippen molar-refractivity contribution < 1.29 is 14.3 Å². The summed E-state index contributed by atoms with van der Waals surface area (Å²) >= 11 is 4.71. The van der Waals surface area contributed by atoms with Crippen LogP contribution in [0.15, 0.2) is 15.9 Å². The number of thiophene rings is 1. The van der Waals surface area contributed by atoms with Crippen LogP contribution in [-0.2, 0) is 9.53 Å². The van der Waals surface area contributed by atoms with Crippen LogP contribution in [0.3, 0.4) is 0 Å². The van der Waals surface area contributed by atoms with Gasteiger partial charge in [0, 0.05) is 12.8 Å². The zero-order valence-electron chi connectivity index (χ0n) is 8.29. The summed E-state index contributed by atoms with van der Waals surface area (Å²) in [5.74, 6) is -0.190. The second-order valence-corrected chi connectivity index (χ2v) is 5.42. The Morgan fingerprint density at radius 3 is 2.67 bits per heavy atom. The molecule has 0 aromatic carbocycles. The standard InChI is InChI=1S/C10H11BrO3S/c1-14-10(13)4-2-3-7(12)8-5-6-9(11)15-8/h5-6H,2-4H2,1H3. The van der Waals surface area contributed by atoms with Crippen molar-refractivity contribution in [3.8, 4) is 0 Å². The van der Waals surface area contributed by atoms with Gasteiger partial charge in [-0.2, -0.15) is 0 Å². The maximum atomic E-state index is 11.6. The van der Waals surface area contributed by atoms with Crippen LogP contribution in [0.5, 0.6) is 0 Å². The summed E-state index contributed by atoms with van der Waals surface area (Å²) in [5.41, 5.74) is 0. The van der Waals surface area contributed by atoms with Gasteiger partial charge in [-0.3, -0.25) is 9.59 Å². The van der Waals surface area contributed by atoms with E-state index in [1.807, 2.05) is 6.07 Å². The summed E-state index contributed by atoms with van der Waals surface area (Å²) in [5, 5.41) is 0. The molecule has 0 aliphatic heterocycles. The molecule has 3 nitrogen and oxygen atoms in total. The Morgan fingerprint density at radius 1 is 1.40 bits per heavy atom. The highest BCUT2D eigenvalue weighted by Crippen LogP contribution is 2.23. The highest BCUT2D eigenvalue weighted by molar-refractivity contribution is 9.11. The molecule has 0 amide bonds. The van der Waals surface area contributed by atoms with E-state index in [9.17, 15) is 9.59 Å². The van der Waals surface area contributed by atoms with Gasteiger partial charge in [-0.25, -0.2) is 0 Å². The molecule has 0 saturated heterocycles. The molecule has 1 aromatic rings. The maximum Gasteiger partial charge on any atom is 0.305 e. The fourth-order valence-corrected chi connectivity index (χ4v) is 2.44. The second kappa shape index (κ2) is 6.02. The Bertz CT molecular complexity index is 359. The Labute approximate surface area is 101 Å². The van der Waals surface area contributed by atoms with Crippen LogP contribution in [0.2, 0.25) is 0 Å². The number of rotatable bonds is 5. The number of carbonyl (C=O) groups is 2. The Kier molecular flexibility index (Phi) is 4.98. The van der Waals surface area contributed by atoms with E-state index in [2.05, 4.69) is 20.7 Å². The number of hydrogen-bond acceptors (Lipinski definition) is 4. The van der Waals surface area contributed by atoms with Gasteiger partial charge in [-0.15, -0.1) is 11.3 Å². The van der Waals surface area contributed by atoms with Gasteiger partial charge >= 0.3 is 5.97 Å². The summed E-state index contributed by atoms with van der Waals surface area (Å²) in [6.07, 6.45) is 1.23. The van der Waals surface area contributed by atoms with Gasteiger partial charge in [0.1, 0.15) is 0 Å². The van der Waals surface area contributed by atoms with Crippen LogP contribution in [0.4, 0.5) is 0 Å². The molecular weight excluding hydrogens is 280 g/mol. The smallest absolute Gasteiger partial charge is 0.305 e. The Morgan fingerprint density at radius 2 is 2.13 bits per heavy atom. The zero-order valence-corrected chi connectivity index (χ0v) is 10.7. The van der Waals surface area contributed by atoms with E-state index in [1.165, 1.54) is 18.4 Å². The largest absolute Gasteiger partial charge is 0.469 e. The first kappa shape index (κ1) is 12.4. The zero-order chi connectivity index (χ0) is 11.3. The maximum absolute atomic E-state index is 11.6. The molecule has 5 heteroatoms. The predicted octanol–water partition coefficient (Wildman–Crippen LogP) is 3.04. The molecule has 0 fully saturated rings. The van der Waals surface area contributed by atoms with Crippen molar-refractivity contribution in [1.82, 2.24) is 0 Å². The van der Waals surface area contributed by atoms with E-state index in [0.29, 0.717) is 19.3 Å². The first-order valence-electron chi connectivity index (χ1n) is 4.49. The Hall–Kier alpha value is -0.680. The van der Waals surface area contributed by atoms with Crippen molar-refractivity contribution in [3.05, 3.63) is 20.8 Å². The lowest BCUT2D eigenvalue weighted by Crippen LogP contribution is -2.02. The average Bonchev–Trinajstić information content (AvgIpc) is 2.64. The van der Waals surface area contributed by atoms with Gasteiger partial charge in [-0.05, 0) is 34.5 Å². The van der Waals surface area contributed by atoms with Crippen LogP contribution in [0.25, 0.3) is 0 Å². The van der Waals surface area contributed by atoms with Gasteiger partial charge in [0.2, 0.25) is 0 Å². The number of ether oxygens (including phenoxy) is 1. The number of halogens is 1. The fourth-order valence-electron chi connectivity index (χ4n) is 1.08. The van der Waals surface area contributed by atoms with Crippen molar-refractivity contribution in [3.63, 3.8) is 0 Å². The monoisotopic (exact) mass is 290 g/mol. The molecule has 0 radical (unpaired) electrons. The number of methoxy groups -OCH3 is 1. The van der Waals surface area contributed by atoms with Gasteiger partial charge in [0.25, 0.3) is 0 Å². The van der Waals surface area contributed by atoms with Gasteiger partial charge < -0.3 is 4.74 Å². The van der Waals surface area contributed by atoms with Crippen LogP contribution in [0.1, 0.15) is 28.9 Å². The summed E-state index contributed by atoms with van der Waals surface area (Å²) in [7, 11) is 1.35. The summed E-state index contributed by atoms with van der Waals surface area (Å²) in [4.78, 5) is 23.1. The van der Waals surface area contributed by atoms with Gasteiger partial charge in [0.05, 0.1) is 15.8 Å². The highest BCUT2D eigenvalue weighted by Gasteiger charge is 2.09. The first-order chi connectivity index (χ1) is 7.13. The van der Waals surface area contributed by atoms with Crippen LogP contribution >= 0.6 is 27.3 Å². The second-order valence-electron chi connectivity index (χ2n) is 2.96. The van der Waals surface area contributed by atoms with Gasteiger partial charge in [0.15, 0.2) is 5.78 Å². The number of esters is 1. The minimum atomic E-state index is -0.268. The number of hydrogen-bond donors (Lipinski definition) is 0. The molecule has 0 aliphatic rings. The number of Topliss-reactive ketones (excluding diaryl/α,β-unsaturated/α-hetero) is 1. The molecule has 0 bridgehead atoms. The quantitative estimate of drug-likeness (QED) is 0.618. The lowest BCUT2D eigenvalue weighted by molar-refractivity contribution is -0.140. The number of carbonyl (C=O) groups excluding carboxylic acids is 2. The molecule has 0 spiro atoms. The molecule has 15 heavy (non-hydrogen) atoms. The predicted molar refractivity (Wildman–Crippen MR) is 62.2 cm³/mol. The van der Waals surface area contributed by atoms with E-state index in [4.69, 9.17) is 0 Å². The minimum Gasteiger partial charge on any atom is -0.469 e. The van der Waals surface area contributed by atoms with E-state index in [-0.39, 0.29) is 11.8 Å². The fraction of sp³-hybridized carbons (Fsp3) is 0.400. The minimum absolute atomic E-state index is 0.0783. The van der Waals surface area contributed by atoms with Crippen LogP contribution < -0.4 is 0 Å². The molecule has 82 valence electrons. The molecule has 0 aliphatic carbocycles. The van der Waals surface area contributed by atoms with Gasteiger partial charge in [-0.1, -0.05) is 0 Å². The molecule has 0 unspecified atom stereocenters. The third-order valence-corrected chi connectivity index (χ3v) is 3.53. The van der Waals surface area contributed by atoms with Crippen molar-refractivity contribution in [2.75, 3.05) is 7.11 Å². The van der Waals surface area contributed by atoms with E-state index < -0.39 is 0 Å². The summed E-state index contributed by atoms with van der Waals surface area (Å²) in [6, 6.07) is 3.63. The molecule has 1 aromatic heterocycles. The summed E-state index contributed by atoms with van der Waals surface area (Å²) < 4.78 is 5.43. The SMILES string of the molecule is COC(=O)CCCC(=O)c1ccc(Br)s1. The van der Waals surface area contributed by atoms with E-state index in [0.717, 1.165) is 8.66 Å². The highest BCUT2D eigenvalue weighted by atomic mass is 79.9. The lowest BCUT2D eigenvalue weighted by Gasteiger charge is -1.98. The third-order valence-electron chi connectivity index (χ3n) is 1.86. The molecular formula is C10H11BrO3S. The molecule has 0 N–H and O–H groups in total. The topological polar surface area (TPSA) is 43.4 Å². The number of ketones is 1. The molecule has 1 rings (SSSR count). The normalized spacial score (nSPS) is 10.0. The third kappa shape index (κ3) is 4.13. The van der Waals surface area contributed by atoms with Crippen LogP contribution in [-0.4, -0.2) is 18.9 Å². The molecule has 1 heterocycles. The van der Waals surface area contributed by atoms with Crippen molar-refractivity contribution >= 4 is 39.0 Å². The first-order valence-corrected chi connectivity index (χ1v) is 6.10. The average molecular weight is 291 g/mol. The van der Waals surface area contributed by atoms with Crippen molar-refractivity contribution in [2.24, 2.45) is 0 Å². The molecule has 0 atom stereocenters. The van der Waals surface area contributed by atoms with Crippen LogP contribution in [0, 0.1) is 0 Å². The molecule has 0 saturated carbocycles.